The van der Waals surface area contributed by atoms with Crippen LogP contribution in [-0.2, 0) is 12.7 Å². The third-order valence-electron chi connectivity index (χ3n) is 5.97. The number of rotatable bonds is 7. The van der Waals surface area contributed by atoms with Gasteiger partial charge in [-0.15, -0.1) is 24.0 Å². The van der Waals surface area contributed by atoms with Crippen molar-refractivity contribution in [3.8, 4) is 0 Å². The molecule has 0 radical (unpaired) electrons. The summed E-state index contributed by atoms with van der Waals surface area (Å²) in [5, 5.41) is 6.89. The smallest absolute Gasteiger partial charge is 0.357 e. The Morgan fingerprint density at radius 2 is 1.77 bits per heavy atom. The van der Waals surface area contributed by atoms with Crippen molar-refractivity contribution >= 4 is 29.9 Å². The van der Waals surface area contributed by atoms with Crippen LogP contribution < -0.4 is 10.6 Å². The standard InChI is InChI=1S/C22H34F3N5.HI/c1-3-26-21(27-13-18-9-11-29(4-2)15-18)28-20-10-12-30(16-20)14-17-5-7-19(8-6-17)22(23,24)25;/h5-8,18,20H,3-4,9-16H2,1-2H3,(H2,26,27,28);1H. The van der Waals surface area contributed by atoms with Gasteiger partial charge in [0, 0.05) is 45.3 Å². The van der Waals surface area contributed by atoms with E-state index in [-0.39, 0.29) is 24.0 Å². The minimum absolute atomic E-state index is 0. The first kappa shape index (κ1) is 26.2. The molecule has 2 unspecified atom stereocenters. The lowest BCUT2D eigenvalue weighted by Crippen LogP contribution is -2.44. The molecule has 9 heteroatoms. The maximum atomic E-state index is 12.7. The number of halogens is 4. The van der Waals surface area contributed by atoms with Crippen molar-refractivity contribution in [1.82, 2.24) is 20.4 Å². The monoisotopic (exact) mass is 553 g/mol. The number of guanidine groups is 1. The summed E-state index contributed by atoms with van der Waals surface area (Å²) >= 11 is 0. The van der Waals surface area contributed by atoms with Gasteiger partial charge in [0.15, 0.2) is 5.96 Å². The molecule has 31 heavy (non-hydrogen) atoms. The lowest BCUT2D eigenvalue weighted by atomic mass is 10.1. The first-order valence-electron chi connectivity index (χ1n) is 11.0. The zero-order valence-corrected chi connectivity index (χ0v) is 20.7. The topological polar surface area (TPSA) is 42.9 Å². The molecule has 3 rings (SSSR count). The van der Waals surface area contributed by atoms with E-state index in [1.807, 2.05) is 0 Å². The fourth-order valence-electron chi connectivity index (χ4n) is 4.23. The molecular weight excluding hydrogens is 518 g/mol. The minimum atomic E-state index is -4.28. The number of alkyl halides is 3. The van der Waals surface area contributed by atoms with E-state index in [1.165, 1.54) is 25.1 Å². The van der Waals surface area contributed by atoms with Gasteiger partial charge in [0.1, 0.15) is 0 Å². The van der Waals surface area contributed by atoms with Crippen LogP contribution in [0.2, 0.25) is 0 Å². The van der Waals surface area contributed by atoms with Crippen LogP contribution in [0.1, 0.15) is 37.8 Å². The Hall–Kier alpha value is -1.07. The molecule has 2 saturated heterocycles. The van der Waals surface area contributed by atoms with Crippen molar-refractivity contribution in [3.63, 3.8) is 0 Å². The van der Waals surface area contributed by atoms with E-state index in [9.17, 15) is 13.2 Å². The molecule has 2 N–H and O–H groups in total. The van der Waals surface area contributed by atoms with E-state index >= 15 is 0 Å². The molecule has 5 nitrogen and oxygen atoms in total. The second-order valence-corrected chi connectivity index (χ2v) is 8.33. The summed E-state index contributed by atoms with van der Waals surface area (Å²) in [5.74, 6) is 1.49. The van der Waals surface area contributed by atoms with Crippen LogP contribution in [0.25, 0.3) is 0 Å². The number of benzene rings is 1. The summed E-state index contributed by atoms with van der Waals surface area (Å²) in [4.78, 5) is 9.56. The lowest BCUT2D eigenvalue weighted by molar-refractivity contribution is -0.137. The highest BCUT2D eigenvalue weighted by Crippen LogP contribution is 2.29. The summed E-state index contributed by atoms with van der Waals surface area (Å²) in [7, 11) is 0. The van der Waals surface area contributed by atoms with Gasteiger partial charge in [0.2, 0.25) is 0 Å². The van der Waals surface area contributed by atoms with Crippen molar-refractivity contribution in [2.75, 3.05) is 45.8 Å². The van der Waals surface area contributed by atoms with E-state index in [2.05, 4.69) is 34.3 Å². The predicted molar refractivity (Wildman–Crippen MR) is 130 cm³/mol. The largest absolute Gasteiger partial charge is 0.416 e. The van der Waals surface area contributed by atoms with Crippen LogP contribution in [0.15, 0.2) is 29.3 Å². The predicted octanol–water partition coefficient (Wildman–Crippen LogP) is 3.79. The average molecular weight is 553 g/mol. The number of nitrogens with one attached hydrogen (secondary N) is 2. The molecular formula is C22H35F3IN5. The number of likely N-dealkylation sites (tertiary alicyclic amines) is 2. The molecule has 0 spiro atoms. The van der Waals surface area contributed by atoms with Gasteiger partial charge in [0.25, 0.3) is 0 Å². The molecule has 0 amide bonds. The molecule has 2 aliphatic rings. The Morgan fingerprint density at radius 3 is 2.39 bits per heavy atom. The highest BCUT2D eigenvalue weighted by atomic mass is 127. The van der Waals surface area contributed by atoms with Crippen LogP contribution in [0.4, 0.5) is 13.2 Å². The van der Waals surface area contributed by atoms with E-state index in [4.69, 9.17) is 4.99 Å². The van der Waals surface area contributed by atoms with Gasteiger partial charge < -0.3 is 15.5 Å². The SMILES string of the molecule is CCNC(=NCC1CCN(CC)C1)NC1CCN(Cc2ccc(C(F)(F)F)cc2)C1.I. The van der Waals surface area contributed by atoms with Crippen LogP contribution in [0.3, 0.4) is 0 Å². The molecule has 0 saturated carbocycles. The Bertz CT molecular complexity index is 695. The molecule has 2 fully saturated rings. The van der Waals surface area contributed by atoms with Gasteiger partial charge in [0.05, 0.1) is 5.56 Å². The molecule has 176 valence electrons. The van der Waals surface area contributed by atoms with E-state index < -0.39 is 11.7 Å². The highest BCUT2D eigenvalue weighted by molar-refractivity contribution is 14.0. The van der Waals surface area contributed by atoms with Crippen LogP contribution >= 0.6 is 24.0 Å². The second-order valence-electron chi connectivity index (χ2n) is 8.33. The van der Waals surface area contributed by atoms with Gasteiger partial charge in [-0.25, -0.2) is 0 Å². The quantitative estimate of drug-likeness (QED) is 0.307. The Balaban J connectivity index is 0.00000341. The summed E-state index contributed by atoms with van der Waals surface area (Å²) in [6.45, 7) is 11.8. The third-order valence-corrected chi connectivity index (χ3v) is 5.97. The van der Waals surface area contributed by atoms with Gasteiger partial charge in [-0.1, -0.05) is 19.1 Å². The van der Waals surface area contributed by atoms with E-state index in [1.54, 1.807) is 12.1 Å². The van der Waals surface area contributed by atoms with E-state index in [0.717, 1.165) is 57.2 Å². The number of hydrogen-bond donors (Lipinski definition) is 2. The summed E-state index contributed by atoms with van der Waals surface area (Å²) in [5.41, 5.74) is 0.314. The summed E-state index contributed by atoms with van der Waals surface area (Å²) in [6, 6.07) is 5.79. The maximum Gasteiger partial charge on any atom is 0.416 e. The normalized spacial score (nSPS) is 23.1. The molecule has 0 aliphatic carbocycles. The number of aliphatic imine (C=N–C) groups is 1. The molecule has 2 heterocycles. The van der Waals surface area contributed by atoms with Crippen LogP contribution in [0, 0.1) is 5.92 Å². The molecule has 0 aromatic heterocycles. The highest BCUT2D eigenvalue weighted by Gasteiger charge is 2.30. The Kier molecular flexibility index (Phi) is 10.3. The zero-order valence-electron chi connectivity index (χ0n) is 18.4. The lowest BCUT2D eigenvalue weighted by Gasteiger charge is -2.19. The van der Waals surface area contributed by atoms with Crippen molar-refractivity contribution in [1.29, 1.82) is 0 Å². The second kappa shape index (κ2) is 12.2. The van der Waals surface area contributed by atoms with Crippen LogP contribution in [-0.4, -0.2) is 67.6 Å². The maximum absolute atomic E-state index is 12.7. The Labute approximate surface area is 200 Å². The minimum Gasteiger partial charge on any atom is -0.357 e. The van der Waals surface area contributed by atoms with Gasteiger partial charge >= 0.3 is 6.18 Å². The van der Waals surface area contributed by atoms with Crippen molar-refractivity contribution in [2.24, 2.45) is 10.9 Å². The first-order chi connectivity index (χ1) is 14.4. The third kappa shape index (κ3) is 8.09. The van der Waals surface area contributed by atoms with Gasteiger partial charge in [-0.05, 0) is 56.5 Å². The summed E-state index contributed by atoms with van der Waals surface area (Å²) in [6.07, 6.45) is -2.07. The van der Waals surface area contributed by atoms with E-state index in [0.29, 0.717) is 18.5 Å². The van der Waals surface area contributed by atoms with Gasteiger partial charge in [-0.3, -0.25) is 9.89 Å². The van der Waals surface area contributed by atoms with Crippen LogP contribution in [0.5, 0.6) is 0 Å². The number of hydrogen-bond acceptors (Lipinski definition) is 3. The molecule has 2 aliphatic heterocycles. The van der Waals surface area contributed by atoms with Gasteiger partial charge in [-0.2, -0.15) is 13.2 Å². The fourth-order valence-corrected chi connectivity index (χ4v) is 4.23. The molecule has 0 bridgehead atoms. The van der Waals surface area contributed by atoms with Crippen molar-refractivity contribution in [2.45, 2.75) is 45.5 Å². The number of nitrogens with zero attached hydrogens (tertiary/aromatic N) is 3. The fraction of sp³-hybridized carbons (Fsp3) is 0.682. The van der Waals surface area contributed by atoms with Crippen molar-refractivity contribution < 1.29 is 13.2 Å². The molecule has 1 aromatic rings. The average Bonchev–Trinajstić information content (AvgIpc) is 3.35. The molecule has 2 atom stereocenters. The molecule has 1 aromatic carbocycles. The Morgan fingerprint density at radius 1 is 1.06 bits per heavy atom. The first-order valence-corrected chi connectivity index (χ1v) is 11.0. The zero-order chi connectivity index (χ0) is 21.6. The summed E-state index contributed by atoms with van der Waals surface area (Å²) < 4.78 is 38.2. The van der Waals surface area contributed by atoms with Crippen molar-refractivity contribution in [3.05, 3.63) is 35.4 Å².